The average molecular weight is 539 g/mol. The zero-order valence-electron chi connectivity index (χ0n) is 23.8. The summed E-state index contributed by atoms with van der Waals surface area (Å²) in [6, 6.07) is 8.94. The van der Waals surface area contributed by atoms with E-state index < -0.39 is 0 Å². The third kappa shape index (κ3) is 6.79. The molecule has 1 saturated carbocycles. The standard InChI is InChI=1S/C31H46N4O2S/c1-19(2)28-14-22(12-24(33-28)17-35(4)5)30-8-9-31(37-30)26-13-23(26)15-32-16-29-25(21-10-11-36-18-21)6-7-27(34-29)20(3)38/h6-7,12,14,19-21,23,26,30-32,38H,8-11,13,15-18H2,1-5H3/t20?,21?,23?,26?,30-,31?/m0/s1. The molecule has 6 nitrogen and oxygen atoms in total. The van der Waals surface area contributed by atoms with Gasteiger partial charge in [0.1, 0.15) is 0 Å². The van der Waals surface area contributed by atoms with E-state index in [1.54, 1.807) is 0 Å². The highest BCUT2D eigenvalue weighted by Crippen LogP contribution is 2.49. The van der Waals surface area contributed by atoms with Gasteiger partial charge in [0.2, 0.25) is 0 Å². The lowest BCUT2D eigenvalue weighted by Crippen LogP contribution is -2.22. The van der Waals surface area contributed by atoms with Crippen molar-refractivity contribution in [2.45, 2.75) is 88.8 Å². The van der Waals surface area contributed by atoms with Crippen molar-refractivity contribution in [3.8, 4) is 0 Å². The Morgan fingerprint density at radius 2 is 1.92 bits per heavy atom. The Hall–Kier alpha value is -1.51. The molecule has 6 atom stereocenters. The maximum atomic E-state index is 6.69. The van der Waals surface area contributed by atoms with Crippen LogP contribution in [0.25, 0.3) is 0 Å². The topological polar surface area (TPSA) is 59.5 Å². The largest absolute Gasteiger partial charge is 0.381 e. The van der Waals surface area contributed by atoms with E-state index in [1.807, 2.05) is 0 Å². The minimum Gasteiger partial charge on any atom is -0.381 e. The summed E-state index contributed by atoms with van der Waals surface area (Å²) in [5.74, 6) is 2.24. The maximum Gasteiger partial charge on any atom is 0.0831 e. The zero-order chi connectivity index (χ0) is 26.8. The second kappa shape index (κ2) is 12.3. The number of aromatic nitrogens is 2. The predicted octanol–water partition coefficient (Wildman–Crippen LogP) is 5.80. The summed E-state index contributed by atoms with van der Waals surface area (Å²) < 4.78 is 12.4. The molecule has 0 bridgehead atoms. The summed E-state index contributed by atoms with van der Waals surface area (Å²) >= 11 is 4.62. The molecule has 2 saturated heterocycles. The minimum atomic E-state index is 0.138. The molecule has 7 heteroatoms. The molecule has 4 heterocycles. The molecule has 1 aliphatic carbocycles. The summed E-state index contributed by atoms with van der Waals surface area (Å²) in [5.41, 5.74) is 7.19. The first-order chi connectivity index (χ1) is 18.3. The van der Waals surface area contributed by atoms with E-state index in [-0.39, 0.29) is 11.4 Å². The molecule has 38 heavy (non-hydrogen) atoms. The van der Waals surface area contributed by atoms with E-state index in [0.29, 0.717) is 29.8 Å². The number of pyridine rings is 2. The van der Waals surface area contributed by atoms with Crippen LogP contribution in [0.1, 0.15) is 104 Å². The number of rotatable bonds is 11. The van der Waals surface area contributed by atoms with Gasteiger partial charge in [-0.15, -0.1) is 0 Å². The number of hydrogen-bond acceptors (Lipinski definition) is 7. The molecule has 5 unspecified atom stereocenters. The molecule has 0 aromatic carbocycles. The van der Waals surface area contributed by atoms with E-state index in [0.717, 1.165) is 63.5 Å². The van der Waals surface area contributed by atoms with E-state index in [4.69, 9.17) is 19.4 Å². The Morgan fingerprint density at radius 3 is 2.63 bits per heavy atom. The predicted molar refractivity (Wildman–Crippen MR) is 156 cm³/mol. The van der Waals surface area contributed by atoms with Crippen molar-refractivity contribution in [3.63, 3.8) is 0 Å². The van der Waals surface area contributed by atoms with Crippen LogP contribution < -0.4 is 5.32 Å². The number of nitrogens with one attached hydrogen (secondary N) is 1. The van der Waals surface area contributed by atoms with E-state index in [9.17, 15) is 0 Å². The van der Waals surface area contributed by atoms with Gasteiger partial charge in [-0.05, 0) is 100 Å². The molecule has 0 amide bonds. The summed E-state index contributed by atoms with van der Waals surface area (Å²) in [4.78, 5) is 12.1. The third-order valence-corrected chi connectivity index (χ3v) is 8.66. The fourth-order valence-electron chi connectivity index (χ4n) is 6.14. The van der Waals surface area contributed by atoms with Gasteiger partial charge in [0.05, 0.1) is 35.9 Å². The molecule has 3 fully saturated rings. The molecular formula is C31H46N4O2S. The van der Waals surface area contributed by atoms with Crippen LogP contribution in [0.15, 0.2) is 24.3 Å². The van der Waals surface area contributed by atoms with Crippen LogP contribution in [0, 0.1) is 11.8 Å². The Bertz CT molecular complexity index is 1090. The maximum absolute atomic E-state index is 6.69. The first kappa shape index (κ1) is 28.0. The fourth-order valence-corrected chi connectivity index (χ4v) is 6.28. The van der Waals surface area contributed by atoms with Gasteiger partial charge in [0.25, 0.3) is 0 Å². The van der Waals surface area contributed by atoms with Crippen LogP contribution in [0.2, 0.25) is 0 Å². The number of hydrogen-bond donors (Lipinski definition) is 2. The van der Waals surface area contributed by atoms with E-state index in [2.05, 4.69) is 82.0 Å². The van der Waals surface area contributed by atoms with Gasteiger partial charge in [-0.3, -0.25) is 9.97 Å². The molecule has 0 radical (unpaired) electrons. The van der Waals surface area contributed by atoms with Crippen LogP contribution >= 0.6 is 12.6 Å². The smallest absolute Gasteiger partial charge is 0.0831 e. The average Bonchev–Trinajstić information content (AvgIpc) is 3.24. The molecule has 1 N–H and O–H groups in total. The molecule has 2 aromatic rings. The second-order valence-corrected chi connectivity index (χ2v) is 13.0. The van der Waals surface area contributed by atoms with E-state index >= 15 is 0 Å². The van der Waals surface area contributed by atoms with E-state index in [1.165, 1.54) is 28.9 Å². The van der Waals surface area contributed by atoms with Crippen molar-refractivity contribution in [1.82, 2.24) is 20.2 Å². The SMILES string of the molecule is CC(C)c1cc([C@@H]2CCC(C3CC3CNCc3nc(C(C)S)ccc3C3CCOC3)O2)cc(CN(C)C)n1. The molecule has 5 rings (SSSR count). The van der Waals surface area contributed by atoms with Crippen molar-refractivity contribution < 1.29 is 9.47 Å². The first-order valence-electron chi connectivity index (χ1n) is 14.6. The van der Waals surface area contributed by atoms with Crippen LogP contribution in [-0.2, 0) is 22.6 Å². The first-order valence-corrected chi connectivity index (χ1v) is 15.1. The molecule has 0 spiro atoms. The summed E-state index contributed by atoms with van der Waals surface area (Å²) in [6.45, 7) is 10.9. The molecule has 2 aliphatic heterocycles. The number of ether oxygens (including phenoxy) is 2. The normalized spacial score (nSPS) is 27.9. The van der Waals surface area contributed by atoms with Gasteiger partial charge in [-0.1, -0.05) is 19.9 Å². The van der Waals surface area contributed by atoms with Gasteiger partial charge >= 0.3 is 0 Å². The summed E-state index contributed by atoms with van der Waals surface area (Å²) in [6.07, 6.45) is 5.18. The van der Waals surface area contributed by atoms with Crippen molar-refractivity contribution in [2.75, 3.05) is 33.9 Å². The highest BCUT2D eigenvalue weighted by molar-refractivity contribution is 7.80. The summed E-state index contributed by atoms with van der Waals surface area (Å²) in [5, 5.41) is 3.88. The number of thiol groups is 1. The lowest BCUT2D eigenvalue weighted by Gasteiger charge is -2.19. The highest BCUT2D eigenvalue weighted by Gasteiger charge is 2.46. The molecule has 3 aliphatic rings. The monoisotopic (exact) mass is 538 g/mol. The van der Waals surface area contributed by atoms with Crippen molar-refractivity contribution in [3.05, 3.63) is 58.2 Å². The quantitative estimate of drug-likeness (QED) is 0.353. The molecule has 2 aromatic heterocycles. The van der Waals surface area contributed by atoms with Gasteiger partial charge in [0.15, 0.2) is 0 Å². The van der Waals surface area contributed by atoms with Crippen LogP contribution in [0.5, 0.6) is 0 Å². The Labute approximate surface area is 234 Å². The Kier molecular flexibility index (Phi) is 9.10. The second-order valence-electron chi connectivity index (χ2n) is 12.2. The molecular weight excluding hydrogens is 492 g/mol. The lowest BCUT2D eigenvalue weighted by molar-refractivity contribution is 0.0289. The van der Waals surface area contributed by atoms with Crippen molar-refractivity contribution in [1.29, 1.82) is 0 Å². The number of nitrogens with zero attached hydrogens (tertiary/aromatic N) is 3. The van der Waals surface area contributed by atoms with Gasteiger partial charge < -0.3 is 19.7 Å². The van der Waals surface area contributed by atoms with Crippen molar-refractivity contribution >= 4 is 12.6 Å². The van der Waals surface area contributed by atoms with Gasteiger partial charge in [-0.25, -0.2) is 0 Å². The van der Waals surface area contributed by atoms with Crippen LogP contribution in [-0.4, -0.2) is 54.8 Å². The van der Waals surface area contributed by atoms with Crippen LogP contribution in [0.3, 0.4) is 0 Å². The minimum absolute atomic E-state index is 0.138. The summed E-state index contributed by atoms with van der Waals surface area (Å²) in [7, 11) is 4.20. The van der Waals surface area contributed by atoms with Gasteiger partial charge in [0, 0.05) is 36.6 Å². The lowest BCUT2D eigenvalue weighted by atomic mass is 9.96. The Balaban J connectivity index is 1.16. The Morgan fingerprint density at radius 1 is 1.08 bits per heavy atom. The molecule has 208 valence electrons. The fraction of sp³-hybridized carbons (Fsp3) is 0.677. The third-order valence-electron chi connectivity index (χ3n) is 8.40. The van der Waals surface area contributed by atoms with Crippen LogP contribution in [0.4, 0.5) is 0 Å². The van der Waals surface area contributed by atoms with Gasteiger partial charge in [-0.2, -0.15) is 12.6 Å². The van der Waals surface area contributed by atoms with Crippen molar-refractivity contribution in [2.24, 2.45) is 11.8 Å². The zero-order valence-corrected chi connectivity index (χ0v) is 24.7. The highest BCUT2D eigenvalue weighted by atomic mass is 32.1.